The minimum Gasteiger partial charge on any atom is -0.391 e. The smallest absolute Gasteiger partial charge is 0.263 e. The van der Waals surface area contributed by atoms with Crippen molar-refractivity contribution >= 4 is 54.6 Å². The highest BCUT2D eigenvalue weighted by Gasteiger charge is 2.19. The zero-order valence-electron chi connectivity index (χ0n) is 9.43. The van der Waals surface area contributed by atoms with Gasteiger partial charge in [0, 0.05) is 4.47 Å². The van der Waals surface area contributed by atoms with E-state index >= 15 is 0 Å². The standard InChI is InChI=1S/C11H9BrClNO3S2/c12-8-5-7(1-2-9(8)13)14-19(16,17)11-3-4-18-10(11)6-15/h1-5,14-15H,6H2. The second-order valence-corrected chi connectivity index (χ2v) is 7.51. The fourth-order valence-corrected chi connectivity index (χ4v) is 4.30. The second-order valence-electron chi connectivity index (χ2n) is 3.60. The quantitative estimate of drug-likeness (QED) is 0.851. The molecule has 0 spiro atoms. The number of anilines is 1. The van der Waals surface area contributed by atoms with E-state index < -0.39 is 10.0 Å². The predicted octanol–water partition coefficient (Wildman–Crippen LogP) is 3.46. The molecule has 0 radical (unpaired) electrons. The molecule has 0 fully saturated rings. The van der Waals surface area contributed by atoms with Gasteiger partial charge in [-0.15, -0.1) is 11.3 Å². The summed E-state index contributed by atoms with van der Waals surface area (Å²) in [5.74, 6) is 0. The van der Waals surface area contributed by atoms with Crippen molar-refractivity contribution in [2.24, 2.45) is 0 Å². The van der Waals surface area contributed by atoms with Gasteiger partial charge in [0.15, 0.2) is 0 Å². The van der Waals surface area contributed by atoms with E-state index in [4.69, 9.17) is 16.7 Å². The van der Waals surface area contributed by atoms with Crippen molar-refractivity contribution < 1.29 is 13.5 Å². The molecule has 2 rings (SSSR count). The predicted molar refractivity (Wildman–Crippen MR) is 80.2 cm³/mol. The Bertz CT molecular complexity index is 700. The van der Waals surface area contributed by atoms with E-state index in [1.807, 2.05) is 0 Å². The Kier molecular flexibility index (Phi) is 4.52. The third-order valence-corrected chi connectivity index (χ3v) is 6.02. The molecule has 0 aliphatic rings. The van der Waals surface area contributed by atoms with Gasteiger partial charge >= 0.3 is 0 Å². The van der Waals surface area contributed by atoms with Crippen molar-refractivity contribution in [1.82, 2.24) is 0 Å². The number of hydrogen-bond acceptors (Lipinski definition) is 4. The molecule has 1 aromatic heterocycles. The Morgan fingerprint density at radius 1 is 1.37 bits per heavy atom. The molecule has 19 heavy (non-hydrogen) atoms. The van der Waals surface area contributed by atoms with Gasteiger partial charge in [-0.1, -0.05) is 11.6 Å². The number of aliphatic hydroxyl groups excluding tert-OH is 1. The molecule has 2 N–H and O–H groups in total. The zero-order chi connectivity index (χ0) is 14.0. The average Bonchev–Trinajstić information content (AvgIpc) is 2.82. The molecule has 1 heterocycles. The van der Waals surface area contributed by atoms with Crippen LogP contribution in [0.25, 0.3) is 0 Å². The first-order valence-electron chi connectivity index (χ1n) is 5.09. The van der Waals surface area contributed by atoms with Gasteiger partial charge in [-0.05, 0) is 45.6 Å². The van der Waals surface area contributed by atoms with Crippen LogP contribution in [-0.4, -0.2) is 13.5 Å². The molecule has 0 bridgehead atoms. The number of halogens is 2. The lowest BCUT2D eigenvalue weighted by Crippen LogP contribution is -2.13. The van der Waals surface area contributed by atoms with Gasteiger partial charge in [0.2, 0.25) is 0 Å². The van der Waals surface area contributed by atoms with E-state index in [1.54, 1.807) is 23.6 Å². The number of sulfonamides is 1. The maximum atomic E-state index is 12.2. The summed E-state index contributed by atoms with van der Waals surface area (Å²) in [6, 6.07) is 6.19. The van der Waals surface area contributed by atoms with Crippen LogP contribution in [0, 0.1) is 0 Å². The minimum absolute atomic E-state index is 0.0890. The molecule has 0 amide bonds. The fraction of sp³-hybridized carbons (Fsp3) is 0.0909. The van der Waals surface area contributed by atoms with E-state index in [9.17, 15) is 8.42 Å². The van der Waals surface area contributed by atoms with Crippen LogP contribution in [0.2, 0.25) is 5.02 Å². The molecular weight excluding hydrogens is 374 g/mol. The largest absolute Gasteiger partial charge is 0.391 e. The molecule has 0 saturated heterocycles. The summed E-state index contributed by atoms with van der Waals surface area (Å²) in [7, 11) is -3.71. The Labute approximate surface area is 128 Å². The van der Waals surface area contributed by atoms with Crippen LogP contribution in [0.15, 0.2) is 39.0 Å². The topological polar surface area (TPSA) is 66.4 Å². The van der Waals surface area contributed by atoms with Crippen LogP contribution >= 0.6 is 38.9 Å². The lowest BCUT2D eigenvalue weighted by Gasteiger charge is -2.09. The van der Waals surface area contributed by atoms with Gasteiger partial charge in [-0.2, -0.15) is 0 Å². The maximum absolute atomic E-state index is 12.2. The van der Waals surface area contributed by atoms with Crippen molar-refractivity contribution in [3.8, 4) is 0 Å². The van der Waals surface area contributed by atoms with Crippen LogP contribution in [0.3, 0.4) is 0 Å². The van der Waals surface area contributed by atoms with E-state index in [2.05, 4.69) is 20.7 Å². The first-order chi connectivity index (χ1) is 8.94. The fourth-order valence-electron chi connectivity index (χ4n) is 1.45. The monoisotopic (exact) mass is 381 g/mol. The summed E-state index contributed by atoms with van der Waals surface area (Å²) in [6.45, 7) is -0.307. The number of rotatable bonds is 4. The van der Waals surface area contributed by atoms with E-state index in [-0.39, 0.29) is 11.5 Å². The molecule has 1 aromatic carbocycles. The third-order valence-electron chi connectivity index (χ3n) is 2.31. The Morgan fingerprint density at radius 3 is 2.74 bits per heavy atom. The molecule has 4 nitrogen and oxygen atoms in total. The van der Waals surface area contributed by atoms with E-state index in [1.165, 1.54) is 17.4 Å². The molecule has 0 saturated carbocycles. The van der Waals surface area contributed by atoms with Crippen LogP contribution < -0.4 is 4.72 Å². The number of aliphatic hydroxyl groups is 1. The molecule has 0 aliphatic heterocycles. The molecule has 8 heteroatoms. The zero-order valence-corrected chi connectivity index (χ0v) is 13.4. The molecule has 0 unspecified atom stereocenters. The molecule has 0 aliphatic carbocycles. The lowest BCUT2D eigenvalue weighted by atomic mass is 10.3. The lowest BCUT2D eigenvalue weighted by molar-refractivity contribution is 0.282. The highest BCUT2D eigenvalue weighted by molar-refractivity contribution is 9.10. The summed E-state index contributed by atoms with van der Waals surface area (Å²) >= 11 is 10.3. The highest BCUT2D eigenvalue weighted by atomic mass is 79.9. The maximum Gasteiger partial charge on any atom is 0.263 e. The van der Waals surface area contributed by atoms with Crippen molar-refractivity contribution in [3.63, 3.8) is 0 Å². The Hall–Kier alpha value is -0.600. The summed E-state index contributed by atoms with van der Waals surface area (Å²) in [6.07, 6.45) is 0. The van der Waals surface area contributed by atoms with Gasteiger partial charge < -0.3 is 5.11 Å². The van der Waals surface area contributed by atoms with Gasteiger partial charge in [0.05, 0.1) is 22.2 Å². The normalized spacial score (nSPS) is 11.5. The van der Waals surface area contributed by atoms with E-state index in [0.717, 1.165) is 0 Å². The highest BCUT2D eigenvalue weighted by Crippen LogP contribution is 2.28. The number of thiophene rings is 1. The molecule has 0 atom stereocenters. The minimum atomic E-state index is -3.71. The van der Waals surface area contributed by atoms with Crippen molar-refractivity contribution in [2.45, 2.75) is 11.5 Å². The first-order valence-corrected chi connectivity index (χ1v) is 8.62. The van der Waals surface area contributed by atoms with Crippen LogP contribution in [0.1, 0.15) is 4.88 Å². The van der Waals surface area contributed by atoms with Gasteiger partial charge in [0.1, 0.15) is 4.90 Å². The third kappa shape index (κ3) is 3.29. The second kappa shape index (κ2) is 5.80. The number of nitrogens with one attached hydrogen (secondary N) is 1. The van der Waals surface area contributed by atoms with Crippen LogP contribution in [0.5, 0.6) is 0 Å². The van der Waals surface area contributed by atoms with Crippen molar-refractivity contribution in [1.29, 1.82) is 0 Å². The van der Waals surface area contributed by atoms with Crippen LogP contribution in [-0.2, 0) is 16.6 Å². The van der Waals surface area contributed by atoms with Crippen molar-refractivity contribution in [3.05, 3.63) is 44.0 Å². The number of hydrogen-bond donors (Lipinski definition) is 2. The molecule has 102 valence electrons. The summed E-state index contributed by atoms with van der Waals surface area (Å²) < 4.78 is 27.4. The first kappa shape index (κ1) is 14.8. The molecular formula is C11H9BrClNO3S2. The van der Waals surface area contributed by atoms with Crippen LogP contribution in [0.4, 0.5) is 5.69 Å². The summed E-state index contributed by atoms with van der Waals surface area (Å²) in [4.78, 5) is 0.492. The van der Waals surface area contributed by atoms with Gasteiger partial charge in [-0.25, -0.2) is 8.42 Å². The SMILES string of the molecule is O=S(=O)(Nc1ccc(Cl)c(Br)c1)c1ccsc1CO. The molecule has 2 aromatic rings. The average molecular weight is 383 g/mol. The summed E-state index contributed by atoms with van der Waals surface area (Å²) in [5.41, 5.74) is 0.395. The van der Waals surface area contributed by atoms with Crippen molar-refractivity contribution in [2.75, 3.05) is 4.72 Å². The van der Waals surface area contributed by atoms with Gasteiger partial charge in [-0.3, -0.25) is 4.72 Å². The van der Waals surface area contributed by atoms with Gasteiger partial charge in [0.25, 0.3) is 10.0 Å². The summed E-state index contributed by atoms with van der Waals surface area (Å²) in [5, 5.41) is 11.2. The van der Waals surface area contributed by atoms with E-state index in [0.29, 0.717) is 20.1 Å². The Balaban J connectivity index is 2.34. The Morgan fingerprint density at radius 2 is 2.11 bits per heavy atom. The number of benzene rings is 1.